The van der Waals surface area contributed by atoms with Crippen molar-refractivity contribution in [2.45, 2.75) is 48.9 Å². The Labute approximate surface area is 261 Å². The van der Waals surface area contributed by atoms with E-state index in [1.165, 1.54) is 0 Å². The highest BCUT2D eigenvalue weighted by Gasteiger charge is 2.27. The van der Waals surface area contributed by atoms with Crippen molar-refractivity contribution in [1.82, 2.24) is 0 Å². The molecule has 0 saturated carbocycles. The minimum Gasteiger partial charge on any atom is -0.490 e. The van der Waals surface area contributed by atoms with Crippen molar-refractivity contribution in [2.75, 3.05) is 25.2 Å². The summed E-state index contributed by atoms with van der Waals surface area (Å²) >= 11 is 25.5. The molecule has 2 aromatic rings. The summed E-state index contributed by atoms with van der Waals surface area (Å²) in [6.45, 7) is 10.1. The van der Waals surface area contributed by atoms with Crippen molar-refractivity contribution in [3.63, 3.8) is 0 Å². The van der Waals surface area contributed by atoms with Crippen molar-refractivity contribution in [3.05, 3.63) is 53.3 Å². The smallest absolute Gasteiger partial charge is 0.147 e. The fourth-order valence-corrected chi connectivity index (χ4v) is 6.46. The van der Waals surface area contributed by atoms with Gasteiger partial charge in [0.05, 0.1) is 40.3 Å². The van der Waals surface area contributed by atoms with E-state index in [0.29, 0.717) is 19.8 Å². The van der Waals surface area contributed by atoms with Crippen LogP contribution >= 0.6 is 112 Å². The van der Waals surface area contributed by atoms with Crippen LogP contribution in [0.2, 0.25) is 0 Å². The third kappa shape index (κ3) is 8.98. The highest BCUT2D eigenvalue weighted by atomic mass is 79.9. The Morgan fingerprint density at radius 2 is 1.09 bits per heavy atom. The number of halogens is 7. The third-order valence-corrected chi connectivity index (χ3v) is 10.2. The zero-order valence-electron chi connectivity index (χ0n) is 19.2. The van der Waals surface area contributed by atoms with Crippen molar-refractivity contribution >= 4 is 112 Å². The first kappa shape index (κ1) is 31.6. The van der Waals surface area contributed by atoms with Gasteiger partial charge in [-0.2, -0.15) is 0 Å². The predicted octanol–water partition coefficient (Wildman–Crippen LogP) is 10.2. The van der Waals surface area contributed by atoms with Crippen LogP contribution in [0, 0.1) is 0 Å². The maximum absolute atomic E-state index is 6.09. The van der Waals surface area contributed by atoms with Gasteiger partial charge in [0.1, 0.15) is 24.7 Å². The summed E-state index contributed by atoms with van der Waals surface area (Å²) < 4.78 is 21.4. The number of alkyl halides is 3. The zero-order valence-corrected chi connectivity index (χ0v) is 30.3. The minimum atomic E-state index is -0.274. The largest absolute Gasteiger partial charge is 0.490 e. The molecule has 0 saturated heterocycles. The number of hydrogen-bond acceptors (Lipinski definition) is 3. The molecule has 190 valence electrons. The van der Waals surface area contributed by atoms with Gasteiger partial charge in [-0.1, -0.05) is 61.6 Å². The van der Waals surface area contributed by atoms with Crippen LogP contribution in [0.3, 0.4) is 0 Å². The molecule has 2 unspecified atom stereocenters. The summed E-state index contributed by atoms with van der Waals surface area (Å²) in [6.07, 6.45) is 0.191. The number of ether oxygens (including phenoxy) is 3. The molecular formula is C24H27Br7O3. The van der Waals surface area contributed by atoms with Crippen LogP contribution in [0.4, 0.5) is 0 Å². The Bertz CT molecular complexity index is 920. The number of hydrogen-bond donors (Lipinski definition) is 0. The molecule has 0 amide bonds. The fraction of sp³-hybridized carbons (Fsp3) is 0.500. The van der Waals surface area contributed by atoms with Gasteiger partial charge >= 0.3 is 0 Å². The van der Waals surface area contributed by atoms with Crippen molar-refractivity contribution in [1.29, 1.82) is 0 Å². The van der Waals surface area contributed by atoms with Gasteiger partial charge in [-0.3, -0.25) is 0 Å². The minimum absolute atomic E-state index is 0.106. The summed E-state index contributed by atoms with van der Waals surface area (Å²) in [7, 11) is 0. The maximum atomic E-state index is 6.09. The second-order valence-corrected chi connectivity index (χ2v) is 15.2. The molecule has 0 aliphatic heterocycles. The number of rotatable bonds is 12. The lowest BCUT2D eigenvalue weighted by molar-refractivity contribution is 0.0737. The zero-order chi connectivity index (χ0) is 25.6. The van der Waals surface area contributed by atoms with Crippen LogP contribution in [0.1, 0.15) is 38.8 Å². The molecule has 0 bridgehead atoms. The summed E-state index contributed by atoms with van der Waals surface area (Å²) in [5, 5.41) is 0.818. The SMILES string of the molecule is CC(C)OCC(Br)COc1c(Br)cc(C(C)(C)c2cc(Br)c(OCC(Br)CBr)c(Br)c2)cc1Br. The predicted molar refractivity (Wildman–Crippen MR) is 167 cm³/mol. The van der Waals surface area contributed by atoms with Gasteiger partial charge in [0.25, 0.3) is 0 Å². The standard InChI is InChI=1S/C24H27Br7O3/c1-13(2)32-11-17(27)12-34-23-20(30)7-15(8-21(23)31)24(3,4)14-5-18(28)22(19(29)6-14)33-10-16(26)9-25/h5-8,13,16-17H,9-12H2,1-4H3. The molecule has 2 rings (SSSR count). The molecule has 0 spiro atoms. The molecular weight excluding hydrogens is 896 g/mol. The molecule has 0 aromatic heterocycles. The van der Waals surface area contributed by atoms with Crippen LogP contribution in [0.5, 0.6) is 11.5 Å². The molecule has 0 heterocycles. The van der Waals surface area contributed by atoms with Crippen LogP contribution < -0.4 is 9.47 Å². The van der Waals surface area contributed by atoms with E-state index in [4.69, 9.17) is 14.2 Å². The average Bonchev–Trinajstić information content (AvgIpc) is 2.75. The Morgan fingerprint density at radius 1 is 0.706 bits per heavy atom. The highest BCUT2D eigenvalue weighted by molar-refractivity contribution is 9.12. The van der Waals surface area contributed by atoms with Crippen molar-refractivity contribution < 1.29 is 14.2 Å². The van der Waals surface area contributed by atoms with E-state index < -0.39 is 0 Å². The van der Waals surface area contributed by atoms with Gasteiger partial charge in [0, 0.05) is 10.7 Å². The monoisotopic (exact) mass is 916 g/mol. The topological polar surface area (TPSA) is 27.7 Å². The Hall–Kier alpha value is 1.36. The number of benzene rings is 2. The molecule has 34 heavy (non-hydrogen) atoms. The first-order valence-corrected chi connectivity index (χ1v) is 16.7. The second kappa shape index (κ2) is 14.5. The van der Waals surface area contributed by atoms with Crippen LogP contribution in [0.25, 0.3) is 0 Å². The van der Waals surface area contributed by atoms with E-state index >= 15 is 0 Å². The van der Waals surface area contributed by atoms with Crippen molar-refractivity contribution in [3.8, 4) is 11.5 Å². The van der Waals surface area contributed by atoms with Gasteiger partial charge < -0.3 is 14.2 Å². The van der Waals surface area contributed by atoms with Crippen LogP contribution in [0.15, 0.2) is 42.2 Å². The lowest BCUT2D eigenvalue weighted by Crippen LogP contribution is -2.21. The lowest BCUT2D eigenvalue weighted by atomic mass is 9.78. The molecule has 0 fully saturated rings. The van der Waals surface area contributed by atoms with Gasteiger partial charge in [-0.05, 0) is 113 Å². The molecule has 0 N–H and O–H groups in total. The van der Waals surface area contributed by atoms with Gasteiger partial charge in [-0.15, -0.1) is 0 Å². The van der Waals surface area contributed by atoms with Gasteiger partial charge in [0.2, 0.25) is 0 Å². The fourth-order valence-electron chi connectivity index (χ4n) is 3.02. The molecule has 0 aliphatic rings. The van der Waals surface area contributed by atoms with E-state index in [-0.39, 0.29) is 21.2 Å². The summed E-state index contributed by atoms with van der Waals surface area (Å²) in [5.74, 6) is 1.57. The van der Waals surface area contributed by atoms with Crippen LogP contribution in [-0.2, 0) is 10.2 Å². The molecule has 2 atom stereocenters. The first-order valence-electron chi connectivity index (χ1n) is 10.6. The summed E-state index contributed by atoms with van der Waals surface area (Å²) in [6, 6.07) is 8.47. The lowest BCUT2D eigenvalue weighted by Gasteiger charge is -2.28. The maximum Gasteiger partial charge on any atom is 0.147 e. The quantitative estimate of drug-likeness (QED) is 0.199. The average molecular weight is 923 g/mol. The highest BCUT2D eigenvalue weighted by Crippen LogP contribution is 2.44. The Morgan fingerprint density at radius 3 is 1.44 bits per heavy atom. The summed E-state index contributed by atoms with van der Waals surface area (Å²) in [4.78, 5) is 0.343. The summed E-state index contributed by atoms with van der Waals surface area (Å²) in [5.41, 5.74) is 2.02. The van der Waals surface area contributed by atoms with E-state index in [2.05, 4.69) is 150 Å². The Kier molecular flexibility index (Phi) is 13.5. The van der Waals surface area contributed by atoms with E-state index in [1.54, 1.807) is 0 Å². The molecule has 0 aliphatic carbocycles. The first-order chi connectivity index (χ1) is 15.9. The molecule has 3 nitrogen and oxygen atoms in total. The molecule has 10 heteroatoms. The van der Waals surface area contributed by atoms with E-state index in [0.717, 1.165) is 45.8 Å². The van der Waals surface area contributed by atoms with E-state index in [1.807, 2.05) is 13.8 Å². The van der Waals surface area contributed by atoms with Gasteiger partial charge in [-0.25, -0.2) is 0 Å². The third-order valence-electron chi connectivity index (χ3n) is 5.03. The second-order valence-electron chi connectivity index (χ2n) is 8.52. The normalized spacial score (nSPS) is 13.8. The Balaban J connectivity index is 2.24. The molecule has 0 radical (unpaired) electrons. The van der Waals surface area contributed by atoms with Gasteiger partial charge in [0.15, 0.2) is 0 Å². The van der Waals surface area contributed by atoms with E-state index in [9.17, 15) is 0 Å². The molecule has 2 aromatic carbocycles. The van der Waals surface area contributed by atoms with Crippen molar-refractivity contribution in [2.24, 2.45) is 0 Å². The van der Waals surface area contributed by atoms with Crippen LogP contribution in [-0.4, -0.2) is 40.9 Å².